The van der Waals surface area contributed by atoms with Crippen LogP contribution in [-0.2, 0) is 6.54 Å². The van der Waals surface area contributed by atoms with E-state index in [1.807, 2.05) is 42.2 Å². The van der Waals surface area contributed by atoms with Crippen LogP contribution in [0.4, 0.5) is 0 Å². The Labute approximate surface area is 170 Å². The van der Waals surface area contributed by atoms with Crippen LogP contribution >= 0.6 is 11.3 Å². The van der Waals surface area contributed by atoms with Gasteiger partial charge in [-0.05, 0) is 25.0 Å². The summed E-state index contributed by atoms with van der Waals surface area (Å²) in [6, 6.07) is 18.5. The summed E-state index contributed by atoms with van der Waals surface area (Å²) in [7, 11) is 0. The summed E-state index contributed by atoms with van der Waals surface area (Å²) >= 11 is 1.50. The molecule has 3 aromatic rings. The fraction of sp³-hybridized carbons (Fsp3) is 0.304. The first-order chi connectivity index (χ1) is 13.6. The van der Waals surface area contributed by atoms with Crippen molar-refractivity contribution >= 4 is 17.2 Å². The minimum absolute atomic E-state index is 0.111. The van der Waals surface area contributed by atoms with E-state index >= 15 is 0 Å². The van der Waals surface area contributed by atoms with Crippen LogP contribution in [0.2, 0.25) is 0 Å². The standard InChI is InChI=1S/C23H25N3OS/c1-17-8-6-7-11-20(17)16-25-12-14-26(15-13-25)23(27)22-21(24-18(2)28-22)19-9-4-3-5-10-19/h3-11H,12-16H2,1-2H3. The van der Waals surface area contributed by atoms with E-state index in [0.717, 1.165) is 53.9 Å². The third-order valence-electron chi connectivity index (χ3n) is 5.29. The summed E-state index contributed by atoms with van der Waals surface area (Å²) < 4.78 is 0. The quantitative estimate of drug-likeness (QED) is 0.662. The molecule has 1 saturated heterocycles. The van der Waals surface area contributed by atoms with Crippen molar-refractivity contribution in [3.63, 3.8) is 0 Å². The molecule has 0 unspecified atom stereocenters. The second kappa shape index (κ2) is 8.25. The summed E-state index contributed by atoms with van der Waals surface area (Å²) in [6.45, 7) is 8.40. The van der Waals surface area contributed by atoms with Crippen LogP contribution in [0.3, 0.4) is 0 Å². The first kappa shape index (κ1) is 18.8. The summed E-state index contributed by atoms with van der Waals surface area (Å²) in [4.78, 5) is 23.0. The van der Waals surface area contributed by atoms with E-state index in [1.165, 1.54) is 22.5 Å². The van der Waals surface area contributed by atoms with E-state index in [-0.39, 0.29) is 5.91 Å². The molecule has 1 aromatic heterocycles. The molecule has 1 amide bonds. The number of hydrogen-bond acceptors (Lipinski definition) is 4. The van der Waals surface area contributed by atoms with Gasteiger partial charge in [0.05, 0.1) is 10.7 Å². The lowest BCUT2D eigenvalue weighted by Crippen LogP contribution is -2.48. The SMILES string of the molecule is Cc1nc(-c2ccccc2)c(C(=O)N2CCN(Cc3ccccc3C)CC2)s1. The number of thiazole rings is 1. The molecule has 0 spiro atoms. The summed E-state index contributed by atoms with van der Waals surface area (Å²) in [5.41, 5.74) is 4.52. The molecule has 4 rings (SSSR count). The fourth-order valence-electron chi connectivity index (χ4n) is 3.64. The van der Waals surface area contributed by atoms with Crippen molar-refractivity contribution in [2.24, 2.45) is 0 Å². The molecule has 0 saturated carbocycles. The smallest absolute Gasteiger partial charge is 0.266 e. The maximum Gasteiger partial charge on any atom is 0.266 e. The molecule has 0 radical (unpaired) electrons. The number of hydrogen-bond donors (Lipinski definition) is 0. The lowest BCUT2D eigenvalue weighted by molar-refractivity contribution is 0.0633. The highest BCUT2D eigenvalue weighted by molar-refractivity contribution is 7.14. The van der Waals surface area contributed by atoms with Crippen molar-refractivity contribution in [3.8, 4) is 11.3 Å². The molecular formula is C23H25N3OS. The molecule has 1 fully saturated rings. The minimum Gasteiger partial charge on any atom is -0.335 e. The van der Waals surface area contributed by atoms with Crippen LogP contribution in [0.25, 0.3) is 11.3 Å². The van der Waals surface area contributed by atoms with Gasteiger partial charge in [-0.3, -0.25) is 9.69 Å². The van der Waals surface area contributed by atoms with Crippen LogP contribution in [0.5, 0.6) is 0 Å². The van der Waals surface area contributed by atoms with E-state index in [2.05, 4.69) is 41.1 Å². The Kier molecular flexibility index (Phi) is 5.55. The molecule has 4 nitrogen and oxygen atoms in total. The first-order valence-corrected chi connectivity index (χ1v) is 10.5. The predicted molar refractivity (Wildman–Crippen MR) is 115 cm³/mol. The number of rotatable bonds is 4. The molecule has 2 aromatic carbocycles. The number of aromatic nitrogens is 1. The molecule has 5 heteroatoms. The van der Waals surface area contributed by atoms with Gasteiger partial charge in [-0.15, -0.1) is 11.3 Å². The zero-order valence-electron chi connectivity index (χ0n) is 16.4. The molecule has 2 heterocycles. The Morgan fingerprint density at radius 2 is 1.64 bits per heavy atom. The van der Waals surface area contributed by atoms with E-state index in [4.69, 9.17) is 0 Å². The largest absolute Gasteiger partial charge is 0.335 e. The lowest BCUT2D eigenvalue weighted by atomic mass is 10.1. The molecule has 1 aliphatic heterocycles. The zero-order valence-corrected chi connectivity index (χ0v) is 17.2. The highest BCUT2D eigenvalue weighted by Crippen LogP contribution is 2.29. The van der Waals surface area contributed by atoms with Gasteiger partial charge in [-0.1, -0.05) is 54.6 Å². The molecular weight excluding hydrogens is 366 g/mol. The van der Waals surface area contributed by atoms with E-state index < -0.39 is 0 Å². The number of amides is 1. The van der Waals surface area contributed by atoms with E-state index in [9.17, 15) is 4.79 Å². The van der Waals surface area contributed by atoms with Crippen molar-refractivity contribution in [1.82, 2.24) is 14.8 Å². The summed E-state index contributed by atoms with van der Waals surface area (Å²) in [5, 5.41) is 0.931. The lowest BCUT2D eigenvalue weighted by Gasteiger charge is -2.34. The Balaban J connectivity index is 1.44. The molecule has 0 atom stereocenters. The number of piperazine rings is 1. The topological polar surface area (TPSA) is 36.4 Å². The molecule has 0 bridgehead atoms. The maximum absolute atomic E-state index is 13.2. The normalized spacial score (nSPS) is 15.0. The van der Waals surface area contributed by atoms with Crippen molar-refractivity contribution in [3.05, 3.63) is 75.6 Å². The van der Waals surface area contributed by atoms with Crippen LogP contribution in [0, 0.1) is 13.8 Å². The van der Waals surface area contributed by atoms with Gasteiger partial charge in [-0.25, -0.2) is 4.98 Å². The van der Waals surface area contributed by atoms with Gasteiger partial charge < -0.3 is 4.90 Å². The third-order valence-corrected chi connectivity index (χ3v) is 6.25. The molecule has 1 aliphatic rings. The number of carbonyl (C=O) groups is 1. The molecule has 0 aliphatic carbocycles. The zero-order chi connectivity index (χ0) is 19.5. The minimum atomic E-state index is 0.111. The molecule has 0 N–H and O–H groups in total. The second-order valence-electron chi connectivity index (χ2n) is 7.27. The average Bonchev–Trinajstić information content (AvgIpc) is 3.12. The highest BCUT2D eigenvalue weighted by Gasteiger charge is 2.26. The number of carbonyl (C=O) groups excluding carboxylic acids is 1. The Hall–Kier alpha value is -2.50. The molecule has 144 valence electrons. The number of benzene rings is 2. The summed E-state index contributed by atoms with van der Waals surface area (Å²) in [6.07, 6.45) is 0. The predicted octanol–water partition coefficient (Wildman–Crippen LogP) is 4.38. The summed E-state index contributed by atoms with van der Waals surface area (Å²) in [5.74, 6) is 0.111. The number of nitrogens with zero attached hydrogens (tertiary/aromatic N) is 3. The first-order valence-electron chi connectivity index (χ1n) is 9.71. The van der Waals surface area contributed by atoms with Crippen LogP contribution in [0.1, 0.15) is 25.8 Å². The highest BCUT2D eigenvalue weighted by atomic mass is 32.1. The van der Waals surface area contributed by atoms with Gasteiger partial charge in [0, 0.05) is 38.3 Å². The van der Waals surface area contributed by atoms with E-state index in [1.54, 1.807) is 0 Å². The van der Waals surface area contributed by atoms with Gasteiger partial charge in [0.15, 0.2) is 0 Å². The Morgan fingerprint density at radius 3 is 2.36 bits per heavy atom. The maximum atomic E-state index is 13.2. The second-order valence-corrected chi connectivity index (χ2v) is 8.47. The van der Waals surface area contributed by atoms with Crippen molar-refractivity contribution < 1.29 is 4.79 Å². The van der Waals surface area contributed by atoms with Gasteiger partial charge >= 0.3 is 0 Å². The van der Waals surface area contributed by atoms with Crippen molar-refractivity contribution in [2.75, 3.05) is 26.2 Å². The van der Waals surface area contributed by atoms with Crippen LogP contribution in [0.15, 0.2) is 54.6 Å². The van der Waals surface area contributed by atoms with Gasteiger partial charge in [0.2, 0.25) is 0 Å². The Bertz CT molecular complexity index is 959. The third kappa shape index (κ3) is 4.01. The fourth-order valence-corrected chi connectivity index (χ4v) is 4.55. The van der Waals surface area contributed by atoms with E-state index in [0.29, 0.717) is 0 Å². The van der Waals surface area contributed by atoms with Gasteiger partial charge in [-0.2, -0.15) is 0 Å². The van der Waals surface area contributed by atoms with Crippen LogP contribution < -0.4 is 0 Å². The van der Waals surface area contributed by atoms with Crippen LogP contribution in [-0.4, -0.2) is 46.9 Å². The number of aryl methyl sites for hydroxylation is 2. The average molecular weight is 392 g/mol. The van der Waals surface area contributed by atoms with Gasteiger partial charge in [0.1, 0.15) is 4.88 Å². The van der Waals surface area contributed by atoms with Gasteiger partial charge in [0.25, 0.3) is 5.91 Å². The van der Waals surface area contributed by atoms with Crippen molar-refractivity contribution in [2.45, 2.75) is 20.4 Å². The monoisotopic (exact) mass is 391 g/mol. The molecule has 28 heavy (non-hydrogen) atoms. The van der Waals surface area contributed by atoms with Crippen molar-refractivity contribution in [1.29, 1.82) is 0 Å². The Morgan fingerprint density at radius 1 is 0.964 bits per heavy atom.